The molecule has 0 spiro atoms. The van der Waals surface area contributed by atoms with Crippen molar-refractivity contribution >= 4 is 5.96 Å². The maximum atomic E-state index is 6.21. The molecule has 1 aliphatic carbocycles. The van der Waals surface area contributed by atoms with Crippen LogP contribution in [-0.4, -0.2) is 16.5 Å². The largest absolute Gasteiger partial charge is 0.333 e. The number of nitrogens with two attached hydrogens (primary N) is 1. The van der Waals surface area contributed by atoms with E-state index in [9.17, 15) is 0 Å². The van der Waals surface area contributed by atoms with Gasteiger partial charge in [-0.05, 0) is 37.1 Å². The lowest BCUT2D eigenvalue weighted by Crippen LogP contribution is -2.42. The molecule has 0 radical (unpaired) electrons. The van der Waals surface area contributed by atoms with Crippen molar-refractivity contribution in [2.75, 3.05) is 0 Å². The van der Waals surface area contributed by atoms with Gasteiger partial charge in [-0.25, -0.2) is 4.99 Å². The molecule has 22 heavy (non-hydrogen) atoms. The number of aliphatic imine (C=N–C) groups is 1. The van der Waals surface area contributed by atoms with Crippen molar-refractivity contribution in [2.45, 2.75) is 31.8 Å². The molecule has 1 aliphatic heterocycles. The molecule has 2 aliphatic rings. The highest BCUT2D eigenvalue weighted by Crippen LogP contribution is 2.24. The van der Waals surface area contributed by atoms with Crippen molar-refractivity contribution in [3.8, 4) is 0 Å². The zero-order chi connectivity index (χ0) is 15.6. The van der Waals surface area contributed by atoms with Crippen LogP contribution in [0.25, 0.3) is 0 Å². The van der Waals surface area contributed by atoms with Crippen molar-refractivity contribution in [1.29, 1.82) is 0 Å². The Hall–Kier alpha value is -2.40. The summed E-state index contributed by atoms with van der Waals surface area (Å²) in [6.07, 6.45) is 12.4. The first kappa shape index (κ1) is 14.5. The van der Waals surface area contributed by atoms with E-state index in [2.05, 4.69) is 28.6 Å². The van der Waals surface area contributed by atoms with E-state index in [-0.39, 0.29) is 11.6 Å². The second kappa shape index (κ2) is 5.77. The number of aromatic nitrogens is 1. The quantitative estimate of drug-likeness (QED) is 0.781. The molecule has 0 saturated carbocycles. The molecule has 0 fully saturated rings. The molecule has 0 saturated heterocycles. The molecule has 114 valence electrons. The first-order valence-electron chi connectivity index (χ1n) is 7.39. The van der Waals surface area contributed by atoms with Crippen LogP contribution in [0.1, 0.15) is 31.9 Å². The zero-order valence-corrected chi connectivity index (χ0v) is 12.9. The van der Waals surface area contributed by atoms with Gasteiger partial charge in [0.1, 0.15) is 6.04 Å². The lowest BCUT2D eigenvalue weighted by Gasteiger charge is -2.29. The number of nitrogens with one attached hydrogen (secondary N) is 2. The van der Waals surface area contributed by atoms with Crippen molar-refractivity contribution in [2.24, 2.45) is 10.7 Å². The summed E-state index contributed by atoms with van der Waals surface area (Å²) in [4.78, 5) is 8.85. The van der Waals surface area contributed by atoms with E-state index in [4.69, 9.17) is 10.7 Å². The summed E-state index contributed by atoms with van der Waals surface area (Å²) in [5.41, 5.74) is 9.23. The Morgan fingerprint density at radius 3 is 3.09 bits per heavy atom. The van der Waals surface area contributed by atoms with Crippen LogP contribution in [0.4, 0.5) is 0 Å². The molecule has 2 unspecified atom stereocenters. The summed E-state index contributed by atoms with van der Waals surface area (Å²) >= 11 is 0. The highest BCUT2D eigenvalue weighted by Gasteiger charge is 2.23. The van der Waals surface area contributed by atoms with Crippen LogP contribution < -0.4 is 16.4 Å². The summed E-state index contributed by atoms with van der Waals surface area (Å²) in [5.74, 6) is 0.733. The van der Waals surface area contributed by atoms with Crippen LogP contribution in [0.2, 0.25) is 0 Å². The fourth-order valence-electron chi connectivity index (χ4n) is 2.52. The van der Waals surface area contributed by atoms with Crippen LogP contribution >= 0.6 is 0 Å². The monoisotopic (exact) mass is 295 g/mol. The van der Waals surface area contributed by atoms with Crippen molar-refractivity contribution in [1.82, 2.24) is 15.6 Å². The number of hydrogen-bond acceptors (Lipinski definition) is 5. The normalized spacial score (nSPS) is 27.4. The molecule has 0 bridgehead atoms. The molecule has 1 aromatic rings. The minimum atomic E-state index is -0.324. The van der Waals surface area contributed by atoms with E-state index in [0.717, 1.165) is 23.6 Å². The molecule has 5 nitrogen and oxygen atoms in total. The van der Waals surface area contributed by atoms with Crippen molar-refractivity contribution in [3.63, 3.8) is 0 Å². The Morgan fingerprint density at radius 2 is 2.32 bits per heavy atom. The van der Waals surface area contributed by atoms with Gasteiger partial charge >= 0.3 is 0 Å². The van der Waals surface area contributed by atoms with Crippen molar-refractivity contribution in [3.05, 3.63) is 65.8 Å². The van der Waals surface area contributed by atoms with E-state index < -0.39 is 0 Å². The highest BCUT2D eigenvalue weighted by molar-refractivity contribution is 5.84. The van der Waals surface area contributed by atoms with Gasteiger partial charge in [0, 0.05) is 36.3 Å². The maximum absolute atomic E-state index is 6.21. The lowest BCUT2D eigenvalue weighted by atomic mass is 9.89. The van der Waals surface area contributed by atoms with Gasteiger partial charge in [-0.15, -0.1) is 0 Å². The van der Waals surface area contributed by atoms with E-state index >= 15 is 0 Å². The van der Waals surface area contributed by atoms with E-state index in [1.54, 1.807) is 6.20 Å². The van der Waals surface area contributed by atoms with Crippen LogP contribution in [0, 0.1) is 0 Å². The van der Waals surface area contributed by atoms with Crippen molar-refractivity contribution < 1.29 is 0 Å². The average molecular weight is 295 g/mol. The zero-order valence-electron chi connectivity index (χ0n) is 12.9. The standard InChI is InChI=1S/C17H21N5/c1-12-5-7-17(2,18)10-15(12)22-16-20-9-6-14(21-16)13-4-3-8-19-11-13/h3-9,11,14H,10,18H2,1-2H3,(H2,20,21,22). The SMILES string of the molecule is CC1=C(NC2=NC(c3cccnc3)C=CN2)CC(C)(N)C=C1. The van der Waals surface area contributed by atoms with Crippen LogP contribution in [-0.2, 0) is 0 Å². The Labute approximate surface area is 130 Å². The summed E-state index contributed by atoms with van der Waals surface area (Å²) in [6, 6.07) is 3.92. The van der Waals surface area contributed by atoms with Gasteiger partial charge in [0.2, 0.25) is 5.96 Å². The predicted molar refractivity (Wildman–Crippen MR) is 88.9 cm³/mol. The number of guanidine groups is 1. The lowest BCUT2D eigenvalue weighted by molar-refractivity contribution is 0.555. The molecule has 2 heterocycles. The van der Waals surface area contributed by atoms with Gasteiger partial charge in [-0.1, -0.05) is 18.2 Å². The number of pyridine rings is 1. The third kappa shape index (κ3) is 3.26. The van der Waals surface area contributed by atoms with E-state index in [0.29, 0.717) is 0 Å². The summed E-state index contributed by atoms with van der Waals surface area (Å²) in [6.45, 7) is 4.10. The minimum absolute atomic E-state index is 0.0262. The third-order valence-electron chi connectivity index (χ3n) is 3.81. The first-order chi connectivity index (χ1) is 10.5. The Balaban J connectivity index is 1.78. The Morgan fingerprint density at radius 1 is 1.45 bits per heavy atom. The molecule has 1 aromatic heterocycles. The van der Waals surface area contributed by atoms with Crippen LogP contribution in [0.15, 0.2) is 65.2 Å². The molecule has 3 rings (SSSR count). The Kier molecular flexibility index (Phi) is 3.81. The molecule has 4 N–H and O–H groups in total. The number of hydrogen-bond donors (Lipinski definition) is 3. The van der Waals surface area contributed by atoms with Gasteiger partial charge in [-0.3, -0.25) is 4.98 Å². The second-order valence-electron chi connectivity index (χ2n) is 6.01. The molecule has 0 amide bonds. The topological polar surface area (TPSA) is 75.3 Å². The summed E-state index contributed by atoms with van der Waals surface area (Å²) in [7, 11) is 0. The van der Waals surface area contributed by atoms with Gasteiger partial charge in [-0.2, -0.15) is 0 Å². The maximum Gasteiger partial charge on any atom is 0.200 e. The fourth-order valence-corrected chi connectivity index (χ4v) is 2.52. The molecular weight excluding hydrogens is 274 g/mol. The van der Waals surface area contributed by atoms with Crippen LogP contribution in [0.3, 0.4) is 0 Å². The van der Waals surface area contributed by atoms with Gasteiger partial charge in [0.25, 0.3) is 0 Å². The number of rotatable bonds is 2. The van der Waals surface area contributed by atoms with Gasteiger partial charge in [0.15, 0.2) is 0 Å². The smallest absolute Gasteiger partial charge is 0.200 e. The minimum Gasteiger partial charge on any atom is -0.333 e. The Bertz CT molecular complexity index is 668. The second-order valence-corrected chi connectivity index (χ2v) is 6.01. The summed E-state index contributed by atoms with van der Waals surface area (Å²) < 4.78 is 0. The predicted octanol–water partition coefficient (Wildman–Crippen LogP) is 2.14. The summed E-state index contributed by atoms with van der Waals surface area (Å²) in [5, 5.41) is 6.53. The van der Waals surface area contributed by atoms with Crippen LogP contribution in [0.5, 0.6) is 0 Å². The number of nitrogens with zero attached hydrogens (tertiary/aromatic N) is 2. The van der Waals surface area contributed by atoms with Gasteiger partial charge < -0.3 is 16.4 Å². The highest BCUT2D eigenvalue weighted by atomic mass is 15.2. The average Bonchev–Trinajstić information content (AvgIpc) is 2.52. The van der Waals surface area contributed by atoms with E-state index in [1.807, 2.05) is 43.6 Å². The first-order valence-corrected chi connectivity index (χ1v) is 7.39. The molecule has 2 atom stereocenters. The van der Waals surface area contributed by atoms with E-state index in [1.165, 1.54) is 5.57 Å². The fraction of sp³-hybridized carbons (Fsp3) is 0.294. The third-order valence-corrected chi connectivity index (χ3v) is 3.81. The number of allylic oxidation sites excluding steroid dienone is 2. The molecule has 5 heteroatoms. The van der Waals surface area contributed by atoms with Gasteiger partial charge in [0.05, 0.1) is 0 Å². The molecule has 0 aromatic carbocycles. The molecular formula is C17H21N5.